The first-order valence-electron chi connectivity index (χ1n) is 7.58. The Kier molecular flexibility index (Phi) is 12.9. The van der Waals surface area contributed by atoms with E-state index in [1.165, 1.54) is 51.7 Å². The molecule has 0 aromatic carbocycles. The molecule has 3 N–H and O–H groups in total. The molecule has 1 fully saturated rings. The Labute approximate surface area is 138 Å². The van der Waals surface area contributed by atoms with Crippen LogP contribution in [0.4, 0.5) is 0 Å². The molecular weight excluding hydrogens is 363 g/mol. The van der Waals surface area contributed by atoms with Gasteiger partial charge in [0, 0.05) is 17.0 Å². The molecule has 0 bridgehead atoms. The summed E-state index contributed by atoms with van der Waals surface area (Å²) >= 11 is 2.46. The highest BCUT2D eigenvalue weighted by Gasteiger charge is 2.09. The molecule has 0 aromatic heterocycles. The summed E-state index contributed by atoms with van der Waals surface area (Å²) in [5.74, 6) is 0.649. The van der Waals surface area contributed by atoms with E-state index in [2.05, 4.69) is 51.5 Å². The maximum absolute atomic E-state index is 3.76. The van der Waals surface area contributed by atoms with Crippen LogP contribution < -0.4 is 5.32 Å². The Morgan fingerprint density at radius 3 is 2.45 bits per heavy atom. The molecule has 20 heavy (non-hydrogen) atoms. The van der Waals surface area contributed by atoms with Gasteiger partial charge in [-0.25, -0.2) is 0 Å². The molecule has 4 heteroatoms. The molecule has 0 radical (unpaired) electrons. The van der Waals surface area contributed by atoms with Gasteiger partial charge in [0.2, 0.25) is 0 Å². The van der Waals surface area contributed by atoms with E-state index < -0.39 is 0 Å². The van der Waals surface area contributed by atoms with E-state index in [1.54, 1.807) is 0 Å². The fraction of sp³-hybridized carbons (Fsp3) is 0.750. The molecule has 2 unspecified atom stereocenters. The summed E-state index contributed by atoms with van der Waals surface area (Å²) < 4.78 is 0.763. The first kappa shape index (κ1) is 20.1. The first-order valence-corrected chi connectivity index (χ1v) is 8.82. The van der Waals surface area contributed by atoms with Crippen molar-refractivity contribution in [1.82, 2.24) is 10.2 Å². The highest BCUT2D eigenvalue weighted by molar-refractivity contribution is 14.1. The fourth-order valence-electron chi connectivity index (χ4n) is 2.46. The van der Waals surface area contributed by atoms with Gasteiger partial charge in [-0.15, -0.1) is 6.58 Å². The fourth-order valence-corrected chi connectivity index (χ4v) is 3.06. The minimum absolute atomic E-state index is 0. The quantitative estimate of drug-likeness (QED) is 0.453. The zero-order valence-corrected chi connectivity index (χ0v) is 14.9. The van der Waals surface area contributed by atoms with Crippen molar-refractivity contribution in [2.45, 2.75) is 36.0 Å². The van der Waals surface area contributed by atoms with Gasteiger partial charge in [0.15, 0.2) is 0 Å². The van der Waals surface area contributed by atoms with Crippen molar-refractivity contribution in [3.63, 3.8) is 0 Å². The summed E-state index contributed by atoms with van der Waals surface area (Å²) in [6.45, 7) is 8.77. The summed E-state index contributed by atoms with van der Waals surface area (Å²) in [7, 11) is 2.02. The number of hydrogen-bond acceptors (Lipinski definition) is 2. The van der Waals surface area contributed by atoms with Gasteiger partial charge in [0.1, 0.15) is 0 Å². The van der Waals surface area contributed by atoms with Crippen LogP contribution >= 0.6 is 22.6 Å². The van der Waals surface area contributed by atoms with Gasteiger partial charge < -0.3 is 15.7 Å². The summed E-state index contributed by atoms with van der Waals surface area (Å²) in [6, 6.07) is 0. The van der Waals surface area contributed by atoms with Crippen LogP contribution in [0.2, 0.25) is 0 Å². The Hall–Kier alpha value is 0.0900. The third-order valence-corrected chi connectivity index (χ3v) is 4.81. The van der Waals surface area contributed by atoms with Crippen molar-refractivity contribution in [3.05, 3.63) is 24.8 Å². The van der Waals surface area contributed by atoms with E-state index in [0.717, 1.165) is 10.5 Å². The van der Waals surface area contributed by atoms with Crippen molar-refractivity contribution in [1.29, 1.82) is 0 Å². The minimum atomic E-state index is 0. The Bertz CT molecular complexity index is 265. The van der Waals surface area contributed by atoms with E-state index >= 15 is 0 Å². The molecule has 0 saturated carbocycles. The second-order valence-corrected chi connectivity index (χ2v) is 6.98. The van der Waals surface area contributed by atoms with E-state index in [0.29, 0.717) is 5.92 Å². The van der Waals surface area contributed by atoms with Gasteiger partial charge in [-0.1, -0.05) is 47.2 Å². The Balaban J connectivity index is 0.000000345. The van der Waals surface area contributed by atoms with E-state index in [4.69, 9.17) is 0 Å². The maximum atomic E-state index is 3.76. The van der Waals surface area contributed by atoms with Crippen LogP contribution in [-0.4, -0.2) is 47.5 Å². The van der Waals surface area contributed by atoms with Crippen molar-refractivity contribution >= 4 is 22.6 Å². The first-order chi connectivity index (χ1) is 9.26. The largest absolute Gasteiger partial charge is 0.412 e. The number of alkyl halides is 1. The number of likely N-dealkylation sites (N-methyl/N-ethyl adjacent to an activating group) is 1. The minimum Gasteiger partial charge on any atom is -0.412 e. The predicted molar refractivity (Wildman–Crippen MR) is 97.7 cm³/mol. The smallest absolute Gasteiger partial charge is 0.0289 e. The molecule has 0 aromatic rings. The van der Waals surface area contributed by atoms with Gasteiger partial charge in [-0.05, 0) is 51.7 Å². The third kappa shape index (κ3) is 9.10. The van der Waals surface area contributed by atoms with Gasteiger partial charge in [0.25, 0.3) is 0 Å². The molecule has 2 atom stereocenters. The molecule has 0 spiro atoms. The number of nitrogens with one attached hydrogen (secondary N) is 1. The average molecular weight is 394 g/mol. The summed E-state index contributed by atoms with van der Waals surface area (Å²) in [5, 5.41) is 3.17. The number of piperidine rings is 1. The Morgan fingerprint density at radius 2 is 1.95 bits per heavy atom. The molecule has 1 aliphatic carbocycles. The number of nitrogens with zero attached hydrogens (tertiary/aromatic N) is 1. The number of hydrogen-bond donors (Lipinski definition) is 1. The second kappa shape index (κ2) is 12.8. The van der Waals surface area contributed by atoms with Crippen LogP contribution in [0, 0.1) is 5.92 Å². The lowest BCUT2D eigenvalue weighted by Crippen LogP contribution is -2.34. The van der Waals surface area contributed by atoms with Gasteiger partial charge in [-0.3, -0.25) is 0 Å². The molecule has 1 heterocycles. The molecule has 3 nitrogen and oxygen atoms in total. The molecule has 118 valence electrons. The van der Waals surface area contributed by atoms with E-state index in [9.17, 15) is 0 Å². The summed E-state index contributed by atoms with van der Waals surface area (Å²) in [5.41, 5.74) is 0. The summed E-state index contributed by atoms with van der Waals surface area (Å²) in [4.78, 5) is 2.54. The number of rotatable bonds is 4. The number of allylic oxidation sites excluding steroid dienone is 3. The molecule has 2 rings (SSSR count). The van der Waals surface area contributed by atoms with Gasteiger partial charge >= 0.3 is 0 Å². The van der Waals surface area contributed by atoms with Gasteiger partial charge in [-0.2, -0.15) is 0 Å². The second-order valence-electron chi connectivity index (χ2n) is 5.38. The van der Waals surface area contributed by atoms with Crippen LogP contribution in [0.15, 0.2) is 24.8 Å². The lowest BCUT2D eigenvalue weighted by atomic mass is 9.96. The number of likely N-dealkylation sites (tertiary alicyclic amines) is 1. The van der Waals surface area contributed by atoms with E-state index in [-0.39, 0.29) is 5.48 Å². The SMILES string of the molecule is C=CC1C=CC(I)CC1.CNCCN1CCCCC1.O. The van der Waals surface area contributed by atoms with Gasteiger partial charge in [0.05, 0.1) is 0 Å². The third-order valence-electron chi connectivity index (χ3n) is 3.77. The Morgan fingerprint density at radius 1 is 1.25 bits per heavy atom. The lowest BCUT2D eigenvalue weighted by Gasteiger charge is -2.25. The maximum Gasteiger partial charge on any atom is 0.0289 e. The van der Waals surface area contributed by atoms with Crippen molar-refractivity contribution in [2.75, 3.05) is 33.2 Å². The van der Waals surface area contributed by atoms with Crippen LogP contribution in [0.3, 0.4) is 0 Å². The van der Waals surface area contributed by atoms with Crippen LogP contribution in [0.5, 0.6) is 0 Å². The molecule has 2 aliphatic rings. The van der Waals surface area contributed by atoms with Crippen molar-refractivity contribution in [3.8, 4) is 0 Å². The van der Waals surface area contributed by atoms with Crippen LogP contribution in [0.25, 0.3) is 0 Å². The standard InChI is InChI=1S/C8H11I.C8H18N2.H2O/c1-2-7-3-5-8(9)6-4-7;1-9-5-8-10-6-3-2-4-7-10;/h2-3,5,7-8H,1,4,6H2;9H,2-8H2,1H3;1H2. The molecule has 1 saturated heterocycles. The summed E-state index contributed by atoms with van der Waals surface area (Å²) in [6.07, 6.45) is 13.4. The van der Waals surface area contributed by atoms with Crippen molar-refractivity contribution < 1.29 is 5.48 Å². The zero-order chi connectivity index (χ0) is 13.9. The highest BCUT2D eigenvalue weighted by Crippen LogP contribution is 2.22. The average Bonchev–Trinajstić information content (AvgIpc) is 2.48. The normalized spacial score (nSPS) is 26.1. The lowest BCUT2D eigenvalue weighted by molar-refractivity contribution is 0.231. The van der Waals surface area contributed by atoms with E-state index in [1.807, 2.05) is 13.1 Å². The molecule has 0 amide bonds. The zero-order valence-electron chi connectivity index (χ0n) is 12.8. The van der Waals surface area contributed by atoms with Crippen LogP contribution in [-0.2, 0) is 0 Å². The number of halogens is 1. The van der Waals surface area contributed by atoms with Crippen LogP contribution in [0.1, 0.15) is 32.1 Å². The topological polar surface area (TPSA) is 46.8 Å². The van der Waals surface area contributed by atoms with Crippen molar-refractivity contribution in [2.24, 2.45) is 5.92 Å². The predicted octanol–water partition coefficient (Wildman–Crippen LogP) is 2.81. The monoisotopic (exact) mass is 394 g/mol. The molecular formula is C16H31IN2O. The highest BCUT2D eigenvalue weighted by atomic mass is 127. The molecule has 1 aliphatic heterocycles.